The Kier molecular flexibility index (Phi) is 6.24. The number of halogens is 3. The number of H-pyrrole nitrogens is 1. The van der Waals surface area contributed by atoms with Crippen molar-refractivity contribution in [2.24, 2.45) is 0 Å². The highest BCUT2D eigenvalue weighted by molar-refractivity contribution is 5.90. The first kappa shape index (κ1) is 20.9. The molecule has 3 rings (SSSR count). The highest BCUT2D eigenvalue weighted by atomic mass is 19.4. The van der Waals surface area contributed by atoms with Gasteiger partial charge in [-0.05, 0) is 31.0 Å². The Bertz CT molecular complexity index is 976. The minimum atomic E-state index is -4.51. The van der Waals surface area contributed by atoms with Gasteiger partial charge in [0.25, 0.3) is 0 Å². The van der Waals surface area contributed by atoms with Crippen LogP contribution in [0.15, 0.2) is 30.5 Å². The van der Waals surface area contributed by atoms with E-state index in [9.17, 15) is 18.0 Å². The SMILES string of the molecule is CCCCCn1nc(C(F)(F)F)cc1CNC(=O)C(C)c1cccc2[nH]ncc12. The summed E-state index contributed by atoms with van der Waals surface area (Å²) < 4.78 is 40.5. The zero-order valence-corrected chi connectivity index (χ0v) is 16.4. The molecule has 0 radical (unpaired) electrons. The third-order valence-corrected chi connectivity index (χ3v) is 4.95. The van der Waals surface area contributed by atoms with Crippen LogP contribution in [0.4, 0.5) is 13.2 Å². The van der Waals surface area contributed by atoms with E-state index in [1.807, 2.05) is 25.1 Å². The number of aromatic amines is 1. The van der Waals surface area contributed by atoms with Gasteiger partial charge in [-0.1, -0.05) is 31.9 Å². The van der Waals surface area contributed by atoms with Crippen LogP contribution in [0.25, 0.3) is 10.9 Å². The van der Waals surface area contributed by atoms with E-state index < -0.39 is 17.8 Å². The normalized spacial score (nSPS) is 13.0. The van der Waals surface area contributed by atoms with Crippen LogP contribution in [0.3, 0.4) is 0 Å². The molecule has 0 aliphatic rings. The van der Waals surface area contributed by atoms with Crippen LogP contribution in [-0.2, 0) is 24.1 Å². The summed E-state index contributed by atoms with van der Waals surface area (Å²) in [5, 5.41) is 14.2. The lowest BCUT2D eigenvalue weighted by Gasteiger charge is -2.14. The van der Waals surface area contributed by atoms with Gasteiger partial charge in [0.2, 0.25) is 5.91 Å². The molecule has 1 amide bonds. The van der Waals surface area contributed by atoms with Gasteiger partial charge in [0.05, 0.1) is 29.9 Å². The van der Waals surface area contributed by atoms with Crippen molar-refractivity contribution < 1.29 is 18.0 Å². The number of carbonyl (C=O) groups is 1. The van der Waals surface area contributed by atoms with Gasteiger partial charge in [-0.15, -0.1) is 0 Å². The Morgan fingerprint density at radius 1 is 1.31 bits per heavy atom. The minimum Gasteiger partial charge on any atom is -0.350 e. The molecular formula is C20H24F3N5O. The zero-order chi connectivity index (χ0) is 21.0. The second-order valence-electron chi connectivity index (χ2n) is 7.07. The Morgan fingerprint density at radius 2 is 2.10 bits per heavy atom. The summed E-state index contributed by atoms with van der Waals surface area (Å²) in [5.74, 6) is -0.747. The zero-order valence-electron chi connectivity index (χ0n) is 16.4. The summed E-state index contributed by atoms with van der Waals surface area (Å²) in [6, 6.07) is 6.55. The van der Waals surface area contributed by atoms with E-state index in [1.54, 1.807) is 13.1 Å². The average molecular weight is 407 g/mol. The molecule has 0 saturated heterocycles. The second-order valence-corrected chi connectivity index (χ2v) is 7.07. The van der Waals surface area contributed by atoms with E-state index in [2.05, 4.69) is 20.6 Å². The molecule has 0 spiro atoms. The van der Waals surface area contributed by atoms with Gasteiger partial charge in [0.1, 0.15) is 0 Å². The standard InChI is InChI=1S/C20H24F3N5O/c1-3-4-5-9-28-14(10-18(27-28)20(21,22)23)11-24-19(29)13(2)15-7-6-8-17-16(15)12-25-26-17/h6-8,10,12-13H,3-5,9,11H2,1-2H3,(H,24,29)(H,25,26). The van der Waals surface area contributed by atoms with Crippen LogP contribution in [-0.4, -0.2) is 25.9 Å². The van der Waals surface area contributed by atoms with Crippen molar-refractivity contribution in [3.63, 3.8) is 0 Å². The van der Waals surface area contributed by atoms with Crippen LogP contribution >= 0.6 is 0 Å². The van der Waals surface area contributed by atoms with Gasteiger partial charge in [0.15, 0.2) is 5.69 Å². The number of nitrogens with zero attached hydrogens (tertiary/aromatic N) is 3. The number of alkyl halides is 3. The maximum Gasteiger partial charge on any atom is 0.435 e. The molecule has 2 N–H and O–H groups in total. The van der Waals surface area contributed by atoms with E-state index in [0.717, 1.165) is 41.8 Å². The molecule has 29 heavy (non-hydrogen) atoms. The molecule has 0 bridgehead atoms. The fraction of sp³-hybridized carbons (Fsp3) is 0.450. The number of fused-ring (bicyclic) bond motifs is 1. The lowest BCUT2D eigenvalue weighted by atomic mass is 9.97. The van der Waals surface area contributed by atoms with E-state index in [0.29, 0.717) is 12.2 Å². The van der Waals surface area contributed by atoms with Crippen molar-refractivity contribution in [3.8, 4) is 0 Å². The monoisotopic (exact) mass is 407 g/mol. The molecule has 9 heteroatoms. The molecule has 6 nitrogen and oxygen atoms in total. The predicted octanol–water partition coefficient (Wildman–Crippen LogP) is 4.39. The van der Waals surface area contributed by atoms with Gasteiger partial charge in [-0.2, -0.15) is 23.4 Å². The molecule has 1 atom stereocenters. The molecule has 0 saturated carbocycles. The van der Waals surface area contributed by atoms with Crippen molar-refractivity contribution >= 4 is 16.8 Å². The fourth-order valence-corrected chi connectivity index (χ4v) is 3.28. The Morgan fingerprint density at radius 3 is 2.83 bits per heavy atom. The minimum absolute atomic E-state index is 0.0141. The second kappa shape index (κ2) is 8.67. The number of amides is 1. The number of benzene rings is 1. The number of hydrogen-bond donors (Lipinski definition) is 2. The van der Waals surface area contributed by atoms with Crippen LogP contribution in [0.1, 0.15) is 56.0 Å². The Balaban J connectivity index is 1.73. The van der Waals surface area contributed by atoms with Crippen LogP contribution < -0.4 is 5.32 Å². The van der Waals surface area contributed by atoms with Gasteiger partial charge >= 0.3 is 6.18 Å². The highest BCUT2D eigenvalue weighted by Crippen LogP contribution is 2.29. The lowest BCUT2D eigenvalue weighted by molar-refractivity contribution is -0.141. The largest absolute Gasteiger partial charge is 0.435 e. The van der Waals surface area contributed by atoms with Crippen molar-refractivity contribution in [2.75, 3.05) is 0 Å². The van der Waals surface area contributed by atoms with Gasteiger partial charge in [-0.25, -0.2) is 0 Å². The quantitative estimate of drug-likeness (QED) is 0.544. The summed E-state index contributed by atoms with van der Waals surface area (Å²) in [7, 11) is 0. The van der Waals surface area contributed by atoms with E-state index in [4.69, 9.17) is 0 Å². The topological polar surface area (TPSA) is 75.6 Å². The molecule has 156 valence electrons. The summed E-state index contributed by atoms with van der Waals surface area (Å²) in [4.78, 5) is 12.7. The molecule has 0 aliphatic heterocycles. The van der Waals surface area contributed by atoms with Crippen molar-refractivity contribution in [2.45, 2.75) is 58.3 Å². The number of nitrogens with one attached hydrogen (secondary N) is 2. The average Bonchev–Trinajstić information content (AvgIpc) is 3.32. The third-order valence-electron chi connectivity index (χ3n) is 4.95. The summed E-state index contributed by atoms with van der Waals surface area (Å²) in [6.45, 7) is 4.16. The predicted molar refractivity (Wildman–Crippen MR) is 103 cm³/mol. The van der Waals surface area contributed by atoms with E-state index in [1.165, 1.54) is 4.68 Å². The molecule has 1 unspecified atom stereocenters. The van der Waals surface area contributed by atoms with Crippen LogP contribution in [0.5, 0.6) is 0 Å². The summed E-state index contributed by atoms with van der Waals surface area (Å²) in [6.07, 6.45) is -0.267. The number of carbonyl (C=O) groups excluding carboxylic acids is 1. The van der Waals surface area contributed by atoms with Crippen LogP contribution in [0.2, 0.25) is 0 Å². The molecule has 2 heterocycles. The number of rotatable bonds is 8. The number of hydrogen-bond acceptors (Lipinski definition) is 3. The Labute approximate surface area is 166 Å². The molecule has 3 aromatic rings. The molecule has 2 aromatic heterocycles. The van der Waals surface area contributed by atoms with Gasteiger partial charge in [-0.3, -0.25) is 14.6 Å². The maximum atomic E-state index is 13.1. The maximum absolute atomic E-state index is 13.1. The van der Waals surface area contributed by atoms with Gasteiger partial charge in [0, 0.05) is 11.9 Å². The van der Waals surface area contributed by atoms with Crippen LogP contribution in [0, 0.1) is 0 Å². The molecule has 0 fully saturated rings. The van der Waals surface area contributed by atoms with Crippen molar-refractivity contribution in [1.29, 1.82) is 0 Å². The molecular weight excluding hydrogens is 383 g/mol. The van der Waals surface area contributed by atoms with Crippen molar-refractivity contribution in [3.05, 3.63) is 47.4 Å². The number of unbranched alkanes of at least 4 members (excludes halogenated alkanes) is 2. The third kappa shape index (κ3) is 4.78. The van der Waals surface area contributed by atoms with E-state index >= 15 is 0 Å². The summed E-state index contributed by atoms with van der Waals surface area (Å²) >= 11 is 0. The lowest BCUT2D eigenvalue weighted by Crippen LogP contribution is -2.28. The number of aromatic nitrogens is 4. The fourth-order valence-electron chi connectivity index (χ4n) is 3.28. The first-order valence-electron chi connectivity index (χ1n) is 9.65. The number of aryl methyl sites for hydroxylation is 1. The molecule has 0 aliphatic carbocycles. The smallest absolute Gasteiger partial charge is 0.350 e. The first-order chi connectivity index (χ1) is 13.8. The first-order valence-corrected chi connectivity index (χ1v) is 9.65. The Hall–Kier alpha value is -2.84. The molecule has 1 aromatic carbocycles. The summed E-state index contributed by atoms with van der Waals surface area (Å²) in [5.41, 5.74) is 1.04. The highest BCUT2D eigenvalue weighted by Gasteiger charge is 2.35. The van der Waals surface area contributed by atoms with E-state index in [-0.39, 0.29) is 12.5 Å². The van der Waals surface area contributed by atoms with Gasteiger partial charge < -0.3 is 5.32 Å². The van der Waals surface area contributed by atoms with Crippen molar-refractivity contribution in [1.82, 2.24) is 25.3 Å².